The molecule has 2 aromatic carbocycles. The minimum Gasteiger partial charge on any atom is -0.487 e. The summed E-state index contributed by atoms with van der Waals surface area (Å²) >= 11 is 0. The van der Waals surface area contributed by atoms with Gasteiger partial charge in [-0.1, -0.05) is 36.4 Å². The van der Waals surface area contributed by atoms with Crippen LogP contribution in [-0.4, -0.2) is 28.3 Å². The van der Waals surface area contributed by atoms with Gasteiger partial charge < -0.3 is 10.1 Å². The molecule has 0 saturated heterocycles. The number of hydrogen-bond donors (Lipinski definition) is 1. The van der Waals surface area contributed by atoms with Crippen LogP contribution in [0.25, 0.3) is 11.1 Å². The van der Waals surface area contributed by atoms with Gasteiger partial charge in [-0.15, -0.1) is 0 Å². The molecule has 0 fully saturated rings. The Balaban J connectivity index is 1.50. The molecule has 4 rings (SSSR count). The molecule has 0 aliphatic carbocycles. The molecule has 3 aromatic rings. The van der Waals surface area contributed by atoms with Gasteiger partial charge in [-0.2, -0.15) is 18.3 Å². The molecule has 0 radical (unpaired) electrons. The lowest BCUT2D eigenvalue weighted by molar-refractivity contribution is -0.137. The molecule has 1 atom stereocenters. The third-order valence-corrected chi connectivity index (χ3v) is 4.74. The third-order valence-electron chi connectivity index (χ3n) is 4.74. The maximum absolute atomic E-state index is 13.4. The number of nitrogens with one attached hydrogen (secondary N) is 1. The second-order valence-electron chi connectivity index (χ2n) is 6.79. The molecule has 8 heteroatoms. The van der Waals surface area contributed by atoms with E-state index in [4.69, 9.17) is 4.74 Å². The SMILES string of the molecule is O=C(Cn1cccn1)NC[C@@H]1Cc2cccc(-c3ccccc3C(F)(F)F)c2O1. The summed E-state index contributed by atoms with van der Waals surface area (Å²) in [6.07, 6.45) is -1.02. The quantitative estimate of drug-likeness (QED) is 0.710. The Bertz CT molecular complexity index is 1020. The number of alkyl halides is 3. The molecule has 0 saturated carbocycles. The smallest absolute Gasteiger partial charge is 0.417 e. The van der Waals surface area contributed by atoms with E-state index in [0.717, 1.165) is 11.6 Å². The van der Waals surface area contributed by atoms with E-state index in [2.05, 4.69) is 10.4 Å². The third kappa shape index (κ3) is 4.11. The Labute approximate surface area is 165 Å². The number of benzene rings is 2. The number of para-hydroxylation sites is 1. The van der Waals surface area contributed by atoms with Gasteiger partial charge in [-0.25, -0.2) is 0 Å². The van der Waals surface area contributed by atoms with Crippen LogP contribution in [0, 0.1) is 0 Å². The van der Waals surface area contributed by atoms with Crippen LogP contribution in [0.5, 0.6) is 5.75 Å². The lowest BCUT2D eigenvalue weighted by atomic mass is 9.96. The van der Waals surface area contributed by atoms with Gasteiger partial charge in [-0.3, -0.25) is 9.48 Å². The standard InChI is InChI=1S/C21H18F3N3O2/c22-21(23,24)18-8-2-1-6-16(18)17-7-3-5-14-11-15(29-20(14)17)12-25-19(28)13-27-10-4-9-26-27/h1-10,15H,11-13H2,(H,25,28)/t15-/m0/s1. The molecule has 5 nitrogen and oxygen atoms in total. The average molecular weight is 401 g/mol. The highest BCUT2D eigenvalue weighted by atomic mass is 19.4. The average Bonchev–Trinajstić information content (AvgIpc) is 3.34. The van der Waals surface area contributed by atoms with Crippen LogP contribution in [0.15, 0.2) is 60.9 Å². The number of fused-ring (bicyclic) bond motifs is 1. The van der Waals surface area contributed by atoms with Crippen LogP contribution in [0.4, 0.5) is 13.2 Å². The van der Waals surface area contributed by atoms with E-state index in [9.17, 15) is 18.0 Å². The number of nitrogens with zero attached hydrogens (tertiary/aromatic N) is 2. The van der Waals surface area contributed by atoms with Gasteiger partial charge in [0, 0.05) is 24.4 Å². The molecule has 0 unspecified atom stereocenters. The highest BCUT2D eigenvalue weighted by Crippen LogP contribution is 2.43. The largest absolute Gasteiger partial charge is 0.487 e. The first-order valence-electron chi connectivity index (χ1n) is 9.11. The van der Waals surface area contributed by atoms with Crippen LogP contribution in [0.3, 0.4) is 0 Å². The number of carbonyl (C=O) groups is 1. The highest BCUT2D eigenvalue weighted by molar-refractivity contribution is 5.77. The van der Waals surface area contributed by atoms with Crippen molar-refractivity contribution in [2.45, 2.75) is 25.2 Å². The first-order chi connectivity index (χ1) is 13.9. The van der Waals surface area contributed by atoms with Crippen LogP contribution >= 0.6 is 0 Å². The molecule has 0 bridgehead atoms. The van der Waals surface area contributed by atoms with Crippen molar-refractivity contribution in [2.24, 2.45) is 0 Å². The van der Waals surface area contributed by atoms with Crippen molar-refractivity contribution >= 4 is 5.91 Å². The zero-order chi connectivity index (χ0) is 20.4. The van der Waals surface area contributed by atoms with Gasteiger partial charge in [0.2, 0.25) is 5.91 Å². The zero-order valence-electron chi connectivity index (χ0n) is 15.3. The van der Waals surface area contributed by atoms with Gasteiger partial charge in [0.05, 0.1) is 12.1 Å². The molecule has 1 N–H and O–H groups in total. The van der Waals surface area contributed by atoms with Crippen molar-refractivity contribution in [3.63, 3.8) is 0 Å². The number of carbonyl (C=O) groups excluding carboxylic acids is 1. The number of halogens is 3. The Kier molecular flexibility index (Phi) is 5.00. The van der Waals surface area contributed by atoms with E-state index in [-0.39, 0.29) is 30.7 Å². The predicted octanol–water partition coefficient (Wildman–Crippen LogP) is 3.69. The van der Waals surface area contributed by atoms with Gasteiger partial charge in [0.1, 0.15) is 18.4 Å². The molecule has 1 aliphatic rings. The van der Waals surface area contributed by atoms with Gasteiger partial charge in [0.15, 0.2) is 0 Å². The number of amides is 1. The van der Waals surface area contributed by atoms with Crippen LogP contribution < -0.4 is 10.1 Å². The molecular formula is C21H18F3N3O2. The number of aromatic nitrogens is 2. The fraction of sp³-hybridized carbons (Fsp3) is 0.238. The summed E-state index contributed by atoms with van der Waals surface area (Å²) < 4.78 is 47.7. The first kappa shape index (κ1) is 19.0. The van der Waals surface area contributed by atoms with E-state index in [0.29, 0.717) is 17.7 Å². The summed E-state index contributed by atoms with van der Waals surface area (Å²) in [6, 6.07) is 12.4. The van der Waals surface area contributed by atoms with Crippen molar-refractivity contribution in [3.05, 3.63) is 72.1 Å². The van der Waals surface area contributed by atoms with E-state index in [1.165, 1.54) is 16.8 Å². The molecule has 0 spiro atoms. The summed E-state index contributed by atoms with van der Waals surface area (Å²) in [5, 5.41) is 6.76. The van der Waals surface area contributed by atoms with E-state index >= 15 is 0 Å². The van der Waals surface area contributed by atoms with Crippen LogP contribution in [-0.2, 0) is 23.9 Å². The number of ether oxygens (including phenoxy) is 1. The second kappa shape index (κ2) is 7.62. The second-order valence-corrected chi connectivity index (χ2v) is 6.79. The summed E-state index contributed by atoms with van der Waals surface area (Å²) in [5.74, 6) is 0.228. The maximum Gasteiger partial charge on any atom is 0.417 e. The fourth-order valence-electron chi connectivity index (χ4n) is 3.45. The molecule has 1 amide bonds. The molecule has 150 valence electrons. The first-order valence-corrected chi connectivity index (χ1v) is 9.11. The Morgan fingerprint density at radius 1 is 1.14 bits per heavy atom. The zero-order valence-corrected chi connectivity index (χ0v) is 15.3. The van der Waals surface area contributed by atoms with E-state index in [1.807, 2.05) is 6.07 Å². The van der Waals surface area contributed by atoms with Crippen molar-refractivity contribution in [3.8, 4) is 16.9 Å². The summed E-state index contributed by atoms with van der Waals surface area (Å²) in [4.78, 5) is 12.0. The van der Waals surface area contributed by atoms with Crippen LogP contribution in [0.2, 0.25) is 0 Å². The van der Waals surface area contributed by atoms with Gasteiger partial charge >= 0.3 is 6.18 Å². The van der Waals surface area contributed by atoms with Gasteiger partial charge in [-0.05, 0) is 23.3 Å². The lowest BCUT2D eigenvalue weighted by Gasteiger charge is -2.16. The molecule has 2 heterocycles. The summed E-state index contributed by atoms with van der Waals surface area (Å²) in [6.45, 7) is 0.353. The molecule has 29 heavy (non-hydrogen) atoms. The topological polar surface area (TPSA) is 56.2 Å². The predicted molar refractivity (Wildman–Crippen MR) is 100 cm³/mol. The van der Waals surface area contributed by atoms with E-state index in [1.54, 1.807) is 36.7 Å². The van der Waals surface area contributed by atoms with Crippen molar-refractivity contribution in [1.29, 1.82) is 0 Å². The summed E-state index contributed by atoms with van der Waals surface area (Å²) in [5.41, 5.74) is 0.611. The normalized spacial score (nSPS) is 15.6. The molecular weight excluding hydrogens is 383 g/mol. The number of hydrogen-bond acceptors (Lipinski definition) is 3. The Hall–Kier alpha value is -3.29. The maximum atomic E-state index is 13.4. The van der Waals surface area contributed by atoms with Crippen LogP contribution in [0.1, 0.15) is 11.1 Å². The van der Waals surface area contributed by atoms with E-state index < -0.39 is 11.7 Å². The number of rotatable bonds is 5. The van der Waals surface area contributed by atoms with Crippen molar-refractivity contribution in [1.82, 2.24) is 15.1 Å². The van der Waals surface area contributed by atoms with Gasteiger partial charge in [0.25, 0.3) is 0 Å². The highest BCUT2D eigenvalue weighted by Gasteiger charge is 2.35. The Morgan fingerprint density at radius 3 is 2.69 bits per heavy atom. The molecule has 1 aromatic heterocycles. The summed E-state index contributed by atoms with van der Waals surface area (Å²) in [7, 11) is 0. The van der Waals surface area contributed by atoms with Crippen molar-refractivity contribution < 1.29 is 22.7 Å². The minimum absolute atomic E-state index is 0.0835. The lowest BCUT2D eigenvalue weighted by Crippen LogP contribution is -2.36. The van der Waals surface area contributed by atoms with Crippen molar-refractivity contribution in [2.75, 3.05) is 6.54 Å². The Morgan fingerprint density at radius 2 is 1.93 bits per heavy atom. The monoisotopic (exact) mass is 401 g/mol. The fourth-order valence-corrected chi connectivity index (χ4v) is 3.45. The minimum atomic E-state index is -4.46. The molecule has 1 aliphatic heterocycles.